The number of amides is 1. The predicted octanol–water partition coefficient (Wildman–Crippen LogP) is 3.54. The van der Waals surface area contributed by atoms with Gasteiger partial charge in [0.25, 0.3) is 15.9 Å². The highest BCUT2D eigenvalue weighted by molar-refractivity contribution is 7.93. The largest absolute Gasteiger partial charge is 0.480 e. The van der Waals surface area contributed by atoms with E-state index in [-0.39, 0.29) is 15.9 Å². The molecule has 4 rings (SSSR count). The normalized spacial score (nSPS) is 15.5. The van der Waals surface area contributed by atoms with Crippen LogP contribution in [0.15, 0.2) is 58.9 Å². The molecule has 3 aromatic rings. The van der Waals surface area contributed by atoms with Crippen LogP contribution >= 0.6 is 22.9 Å². The van der Waals surface area contributed by atoms with Gasteiger partial charge in [0, 0.05) is 28.7 Å². The van der Waals surface area contributed by atoms with Gasteiger partial charge in [-0.15, -0.1) is 11.3 Å². The number of nitrogens with zero attached hydrogens (tertiary/aromatic N) is 1. The maximum atomic E-state index is 12.5. The molecule has 1 aliphatic heterocycles. The highest BCUT2D eigenvalue weighted by Crippen LogP contribution is 2.31. The van der Waals surface area contributed by atoms with Crippen molar-refractivity contribution < 1.29 is 17.9 Å². The van der Waals surface area contributed by atoms with Gasteiger partial charge in [-0.3, -0.25) is 9.52 Å². The number of hydrogen-bond donors (Lipinski definition) is 2. The molecule has 10 heteroatoms. The summed E-state index contributed by atoms with van der Waals surface area (Å²) in [5.41, 5.74) is 1.35. The summed E-state index contributed by atoms with van der Waals surface area (Å²) in [6.07, 6.45) is 1.27. The number of rotatable bonds is 5. The molecule has 7 nitrogen and oxygen atoms in total. The summed E-state index contributed by atoms with van der Waals surface area (Å²) >= 11 is 7.15. The molecule has 0 unspecified atom stereocenters. The first kappa shape index (κ1) is 18.7. The third-order valence-electron chi connectivity index (χ3n) is 4.08. The average Bonchev–Trinajstić information content (AvgIpc) is 3.31. The summed E-state index contributed by atoms with van der Waals surface area (Å²) in [6, 6.07) is 11.1. The number of carbonyl (C=O) groups is 1. The Labute approximate surface area is 170 Å². The second-order valence-electron chi connectivity index (χ2n) is 6.02. The molecule has 2 aromatic carbocycles. The molecule has 0 saturated heterocycles. The number of fused-ring (bicyclic) bond motifs is 1. The number of nitrogens with one attached hydrogen (secondary N) is 2. The lowest BCUT2D eigenvalue weighted by molar-refractivity contribution is -0.122. The van der Waals surface area contributed by atoms with Crippen molar-refractivity contribution in [1.82, 2.24) is 4.98 Å². The molecule has 0 bridgehead atoms. The number of sulfonamides is 1. The smallest absolute Gasteiger partial charge is 0.265 e. The Hall–Kier alpha value is -2.62. The van der Waals surface area contributed by atoms with Crippen LogP contribution in [0.25, 0.3) is 0 Å². The Kier molecular flexibility index (Phi) is 4.96. The minimum Gasteiger partial charge on any atom is -0.480 e. The summed E-state index contributed by atoms with van der Waals surface area (Å²) in [5.74, 6) is 0.322. The molecule has 2 heterocycles. The summed E-state index contributed by atoms with van der Waals surface area (Å²) in [7, 11) is -3.74. The van der Waals surface area contributed by atoms with Gasteiger partial charge in [-0.1, -0.05) is 11.6 Å². The van der Waals surface area contributed by atoms with E-state index in [2.05, 4.69) is 15.0 Å². The van der Waals surface area contributed by atoms with Crippen LogP contribution in [0.4, 0.5) is 10.8 Å². The molecule has 144 valence electrons. The maximum Gasteiger partial charge on any atom is 0.265 e. The van der Waals surface area contributed by atoms with Crippen molar-refractivity contribution in [2.75, 3.05) is 10.0 Å². The van der Waals surface area contributed by atoms with Crippen LogP contribution < -0.4 is 14.8 Å². The molecule has 1 amide bonds. The van der Waals surface area contributed by atoms with Gasteiger partial charge in [0.2, 0.25) is 0 Å². The van der Waals surface area contributed by atoms with E-state index in [1.807, 2.05) is 0 Å². The molecular formula is C18H14ClN3O4S2. The van der Waals surface area contributed by atoms with E-state index in [9.17, 15) is 13.2 Å². The number of anilines is 2. The van der Waals surface area contributed by atoms with Crippen molar-refractivity contribution in [1.29, 1.82) is 0 Å². The van der Waals surface area contributed by atoms with Crippen LogP contribution in [0, 0.1) is 0 Å². The Bertz CT molecular complexity index is 1120. The minimum atomic E-state index is -3.74. The Balaban J connectivity index is 1.41. The summed E-state index contributed by atoms with van der Waals surface area (Å²) in [5, 5.41) is 5.29. The van der Waals surface area contributed by atoms with Gasteiger partial charge in [0.15, 0.2) is 11.2 Å². The van der Waals surface area contributed by atoms with E-state index in [1.165, 1.54) is 41.8 Å². The predicted molar refractivity (Wildman–Crippen MR) is 108 cm³/mol. The topological polar surface area (TPSA) is 97.4 Å². The second kappa shape index (κ2) is 7.42. The van der Waals surface area contributed by atoms with E-state index in [0.717, 1.165) is 5.56 Å². The molecule has 0 aliphatic carbocycles. The van der Waals surface area contributed by atoms with Crippen LogP contribution in [0.2, 0.25) is 5.02 Å². The van der Waals surface area contributed by atoms with Crippen LogP contribution in [-0.4, -0.2) is 25.4 Å². The number of halogens is 1. The Morgan fingerprint density at radius 3 is 2.71 bits per heavy atom. The van der Waals surface area contributed by atoms with Crippen LogP contribution in [0.1, 0.15) is 5.56 Å². The number of ether oxygens (including phenoxy) is 1. The highest BCUT2D eigenvalue weighted by Gasteiger charge is 2.29. The van der Waals surface area contributed by atoms with Crippen LogP contribution in [0.5, 0.6) is 5.75 Å². The van der Waals surface area contributed by atoms with E-state index < -0.39 is 16.1 Å². The van der Waals surface area contributed by atoms with Gasteiger partial charge in [-0.25, -0.2) is 13.4 Å². The van der Waals surface area contributed by atoms with Crippen molar-refractivity contribution in [3.63, 3.8) is 0 Å². The number of aromatic nitrogens is 1. The van der Waals surface area contributed by atoms with Gasteiger partial charge in [-0.2, -0.15) is 0 Å². The van der Waals surface area contributed by atoms with Crippen molar-refractivity contribution in [2.24, 2.45) is 0 Å². The molecule has 28 heavy (non-hydrogen) atoms. The number of hydrogen-bond acceptors (Lipinski definition) is 6. The van der Waals surface area contributed by atoms with Gasteiger partial charge in [-0.05, 0) is 48.0 Å². The molecule has 0 fully saturated rings. The van der Waals surface area contributed by atoms with Gasteiger partial charge >= 0.3 is 0 Å². The standard InChI is InChI=1S/C18H14ClN3O4S2/c19-12-1-6-15-11(9-12)10-16(26-15)17(23)21-13-2-4-14(5-3-13)28(24,25)22-18-20-7-8-27-18/h1-9,16H,10H2,(H,20,22)(H,21,23)/t16-/m1/s1. The molecule has 1 aromatic heterocycles. The monoisotopic (exact) mass is 435 g/mol. The highest BCUT2D eigenvalue weighted by atomic mass is 35.5. The number of benzene rings is 2. The fourth-order valence-electron chi connectivity index (χ4n) is 2.75. The van der Waals surface area contributed by atoms with Gasteiger partial charge < -0.3 is 10.1 Å². The Morgan fingerprint density at radius 2 is 2.00 bits per heavy atom. The van der Waals surface area contributed by atoms with Crippen molar-refractivity contribution in [3.8, 4) is 5.75 Å². The summed E-state index contributed by atoms with van der Waals surface area (Å²) in [4.78, 5) is 16.4. The fraction of sp³-hybridized carbons (Fsp3) is 0.111. The van der Waals surface area contributed by atoms with Gasteiger partial charge in [0.1, 0.15) is 5.75 Å². The van der Waals surface area contributed by atoms with E-state index in [1.54, 1.807) is 23.6 Å². The first-order valence-electron chi connectivity index (χ1n) is 8.19. The summed E-state index contributed by atoms with van der Waals surface area (Å²) in [6.45, 7) is 0. The zero-order valence-electron chi connectivity index (χ0n) is 14.3. The minimum absolute atomic E-state index is 0.0693. The maximum absolute atomic E-state index is 12.5. The van der Waals surface area contributed by atoms with Crippen LogP contribution in [-0.2, 0) is 21.2 Å². The van der Waals surface area contributed by atoms with Crippen molar-refractivity contribution >= 4 is 49.7 Å². The van der Waals surface area contributed by atoms with Crippen molar-refractivity contribution in [3.05, 3.63) is 64.6 Å². The fourth-order valence-corrected chi connectivity index (χ4v) is 4.73. The number of carbonyl (C=O) groups excluding carboxylic acids is 1. The lowest BCUT2D eigenvalue weighted by atomic mass is 10.1. The SMILES string of the molecule is O=C(Nc1ccc(S(=O)(=O)Nc2nccs2)cc1)[C@H]1Cc2cc(Cl)ccc2O1. The zero-order chi connectivity index (χ0) is 19.7. The quantitative estimate of drug-likeness (QED) is 0.638. The Morgan fingerprint density at radius 1 is 1.21 bits per heavy atom. The van der Waals surface area contributed by atoms with E-state index >= 15 is 0 Å². The lowest BCUT2D eigenvalue weighted by Crippen LogP contribution is -2.31. The molecule has 1 aliphatic rings. The summed E-state index contributed by atoms with van der Waals surface area (Å²) < 4.78 is 32.7. The van der Waals surface area contributed by atoms with E-state index in [0.29, 0.717) is 22.9 Å². The first-order chi connectivity index (χ1) is 13.4. The first-order valence-corrected chi connectivity index (χ1v) is 10.9. The average molecular weight is 436 g/mol. The van der Waals surface area contributed by atoms with E-state index in [4.69, 9.17) is 16.3 Å². The zero-order valence-corrected chi connectivity index (χ0v) is 16.6. The third kappa shape index (κ3) is 3.96. The van der Waals surface area contributed by atoms with Crippen molar-refractivity contribution in [2.45, 2.75) is 17.4 Å². The molecular weight excluding hydrogens is 422 g/mol. The third-order valence-corrected chi connectivity index (χ3v) is 6.48. The molecule has 0 saturated carbocycles. The lowest BCUT2D eigenvalue weighted by Gasteiger charge is -2.12. The van der Waals surface area contributed by atoms with Crippen LogP contribution in [0.3, 0.4) is 0 Å². The second-order valence-corrected chi connectivity index (χ2v) is 9.03. The number of thiazole rings is 1. The molecule has 0 radical (unpaired) electrons. The molecule has 0 spiro atoms. The van der Waals surface area contributed by atoms with Gasteiger partial charge in [0.05, 0.1) is 4.90 Å². The molecule has 2 N–H and O–H groups in total. The molecule has 1 atom stereocenters.